The predicted octanol–water partition coefficient (Wildman–Crippen LogP) is 4.91. The molecule has 3 aromatic rings. The maximum absolute atomic E-state index is 13.2. The summed E-state index contributed by atoms with van der Waals surface area (Å²) in [7, 11) is 0. The van der Waals surface area contributed by atoms with Gasteiger partial charge in [-0.3, -0.25) is 14.4 Å². The van der Waals surface area contributed by atoms with Crippen molar-refractivity contribution in [3.63, 3.8) is 0 Å². The predicted molar refractivity (Wildman–Crippen MR) is 167 cm³/mol. The Hall–Kier alpha value is -3.49. The summed E-state index contributed by atoms with van der Waals surface area (Å²) < 4.78 is 3.23. The van der Waals surface area contributed by atoms with E-state index in [9.17, 15) is 14.4 Å². The molecule has 4 aliphatic carbocycles. The molecule has 0 atom stereocenters. The molecule has 0 unspecified atom stereocenters. The average Bonchev–Trinajstić information content (AvgIpc) is 3.30. The number of carbonyl (C=O) groups excluding carboxylic acids is 2. The van der Waals surface area contributed by atoms with Gasteiger partial charge in [0.15, 0.2) is 5.52 Å². The summed E-state index contributed by atoms with van der Waals surface area (Å²) >= 11 is 0. The summed E-state index contributed by atoms with van der Waals surface area (Å²) in [6.07, 6.45) is 11.2. The Morgan fingerprint density at radius 3 is 2.09 bits per heavy atom. The fourth-order valence-corrected chi connectivity index (χ4v) is 8.67. The summed E-state index contributed by atoms with van der Waals surface area (Å²) in [5.41, 5.74) is 4.14. The van der Waals surface area contributed by atoms with Gasteiger partial charge in [-0.2, -0.15) is 10.2 Å². The second-order valence-electron chi connectivity index (χ2n) is 13.8. The van der Waals surface area contributed by atoms with Gasteiger partial charge in [0, 0.05) is 32.5 Å². The van der Waals surface area contributed by atoms with Gasteiger partial charge in [-0.15, -0.1) is 0 Å². The molecular formula is C34H46N6O3. The Kier molecular flexibility index (Phi) is 8.42. The van der Waals surface area contributed by atoms with Crippen molar-refractivity contribution in [1.82, 2.24) is 30.2 Å². The Labute approximate surface area is 253 Å². The SMILES string of the molecule is Cc1ccc(-n2nc3c(=O)n(CCCC(=O)NCCCCNC(=O)CC45CC6CC(CC(C6)C4)C5)nc(C)c3c2C)cc1. The normalized spacial score (nSPS) is 24.0. The van der Waals surface area contributed by atoms with Crippen LogP contribution in [0.2, 0.25) is 0 Å². The van der Waals surface area contributed by atoms with Gasteiger partial charge in [0.2, 0.25) is 11.8 Å². The first-order valence-electron chi connectivity index (χ1n) is 16.3. The number of aryl methyl sites for hydroxylation is 4. The van der Waals surface area contributed by atoms with Crippen LogP contribution in [0.25, 0.3) is 16.6 Å². The molecule has 1 aromatic carbocycles. The molecule has 2 aromatic heterocycles. The summed E-state index contributed by atoms with van der Waals surface area (Å²) in [5.74, 6) is 2.78. The molecule has 230 valence electrons. The van der Waals surface area contributed by atoms with Crippen molar-refractivity contribution >= 4 is 22.7 Å². The molecule has 2 amide bonds. The zero-order chi connectivity index (χ0) is 30.1. The van der Waals surface area contributed by atoms with Crippen LogP contribution < -0.4 is 16.2 Å². The van der Waals surface area contributed by atoms with Gasteiger partial charge in [0.05, 0.1) is 22.5 Å². The molecule has 0 saturated heterocycles. The van der Waals surface area contributed by atoms with Gasteiger partial charge in [-0.25, -0.2) is 9.36 Å². The quantitative estimate of drug-likeness (QED) is 0.293. The molecule has 4 saturated carbocycles. The first kappa shape index (κ1) is 29.6. The summed E-state index contributed by atoms with van der Waals surface area (Å²) in [4.78, 5) is 38.3. The Morgan fingerprint density at radius 1 is 0.860 bits per heavy atom. The zero-order valence-corrected chi connectivity index (χ0v) is 26.0. The topological polar surface area (TPSA) is 111 Å². The van der Waals surface area contributed by atoms with E-state index in [1.807, 2.05) is 45.0 Å². The van der Waals surface area contributed by atoms with E-state index in [4.69, 9.17) is 0 Å². The van der Waals surface area contributed by atoms with E-state index >= 15 is 0 Å². The van der Waals surface area contributed by atoms with Crippen LogP contribution in [0.15, 0.2) is 29.1 Å². The molecule has 7 rings (SSSR count). The number of aromatic nitrogens is 4. The number of fused-ring (bicyclic) bond motifs is 1. The number of nitrogens with one attached hydrogen (secondary N) is 2. The third-order valence-corrected chi connectivity index (χ3v) is 10.2. The highest BCUT2D eigenvalue weighted by Crippen LogP contribution is 2.61. The van der Waals surface area contributed by atoms with Crippen molar-refractivity contribution in [3.05, 3.63) is 51.6 Å². The minimum Gasteiger partial charge on any atom is -0.356 e. The zero-order valence-electron chi connectivity index (χ0n) is 26.0. The van der Waals surface area contributed by atoms with Crippen molar-refractivity contribution < 1.29 is 9.59 Å². The Balaban J connectivity index is 0.908. The van der Waals surface area contributed by atoms with Crippen LogP contribution in [-0.4, -0.2) is 44.5 Å². The lowest BCUT2D eigenvalue weighted by Gasteiger charge is -2.56. The van der Waals surface area contributed by atoms with Crippen LogP contribution in [-0.2, 0) is 16.1 Å². The van der Waals surface area contributed by atoms with Crippen molar-refractivity contribution in [2.24, 2.45) is 23.2 Å². The average molecular weight is 587 g/mol. The van der Waals surface area contributed by atoms with E-state index in [1.165, 1.54) is 43.2 Å². The van der Waals surface area contributed by atoms with Crippen molar-refractivity contribution in [1.29, 1.82) is 0 Å². The largest absolute Gasteiger partial charge is 0.356 e. The standard InChI is InChI=1S/C34H46N6O3/c1-22-8-10-28(11-9-22)40-24(3)31-23(2)37-39(33(43)32(31)38-40)14-6-7-29(41)35-12-4-5-13-36-30(42)21-34-18-25-15-26(19-34)17-27(16-25)20-34/h8-11,25-27H,4-7,12-21H2,1-3H3,(H,35,41)(H,36,42). The lowest BCUT2D eigenvalue weighted by atomic mass is 9.49. The van der Waals surface area contributed by atoms with Gasteiger partial charge in [0.1, 0.15) is 0 Å². The third kappa shape index (κ3) is 6.41. The van der Waals surface area contributed by atoms with Crippen LogP contribution in [0.4, 0.5) is 0 Å². The molecule has 0 spiro atoms. The highest BCUT2D eigenvalue weighted by atomic mass is 16.2. The van der Waals surface area contributed by atoms with Crippen LogP contribution >= 0.6 is 0 Å². The van der Waals surface area contributed by atoms with Crippen molar-refractivity contribution in [2.45, 2.75) is 97.9 Å². The first-order valence-corrected chi connectivity index (χ1v) is 16.3. The molecule has 2 N–H and O–H groups in total. The lowest BCUT2D eigenvalue weighted by molar-refractivity contribution is -0.129. The number of rotatable bonds is 12. The minimum atomic E-state index is -0.236. The Morgan fingerprint density at radius 2 is 1.47 bits per heavy atom. The molecule has 2 heterocycles. The number of carbonyl (C=O) groups is 2. The number of hydrogen-bond donors (Lipinski definition) is 2. The minimum absolute atomic E-state index is 0.0313. The fourth-order valence-electron chi connectivity index (χ4n) is 8.67. The molecular weight excluding hydrogens is 540 g/mol. The summed E-state index contributed by atoms with van der Waals surface area (Å²) in [5, 5.41) is 16.1. The van der Waals surface area contributed by atoms with Gasteiger partial charge in [-0.05, 0) is 114 Å². The third-order valence-electron chi connectivity index (χ3n) is 10.2. The highest BCUT2D eigenvalue weighted by molar-refractivity contribution is 5.83. The van der Waals surface area contributed by atoms with Crippen LogP contribution in [0.5, 0.6) is 0 Å². The van der Waals surface area contributed by atoms with Crippen LogP contribution in [0.3, 0.4) is 0 Å². The van der Waals surface area contributed by atoms with E-state index in [0.29, 0.717) is 44.4 Å². The van der Waals surface area contributed by atoms with Gasteiger partial charge >= 0.3 is 0 Å². The maximum atomic E-state index is 13.2. The van der Waals surface area contributed by atoms with Crippen molar-refractivity contribution in [2.75, 3.05) is 13.1 Å². The molecule has 43 heavy (non-hydrogen) atoms. The summed E-state index contributed by atoms with van der Waals surface area (Å²) in [6.45, 7) is 7.49. The first-order chi connectivity index (χ1) is 20.7. The molecule has 9 nitrogen and oxygen atoms in total. The van der Waals surface area contributed by atoms with E-state index in [-0.39, 0.29) is 22.8 Å². The lowest BCUT2D eigenvalue weighted by Crippen LogP contribution is -2.48. The van der Waals surface area contributed by atoms with Gasteiger partial charge in [0.25, 0.3) is 5.56 Å². The molecule has 4 fully saturated rings. The highest BCUT2D eigenvalue weighted by Gasteiger charge is 2.51. The summed E-state index contributed by atoms with van der Waals surface area (Å²) in [6, 6.07) is 8.04. The second-order valence-corrected chi connectivity index (χ2v) is 13.8. The number of unbranched alkanes of at least 4 members (excludes halogenated alkanes) is 1. The molecule has 4 bridgehead atoms. The number of hydrogen-bond acceptors (Lipinski definition) is 5. The van der Waals surface area contributed by atoms with Crippen LogP contribution in [0.1, 0.15) is 87.6 Å². The molecule has 9 heteroatoms. The van der Waals surface area contributed by atoms with Gasteiger partial charge in [-0.1, -0.05) is 17.7 Å². The smallest absolute Gasteiger partial charge is 0.295 e. The molecule has 0 radical (unpaired) electrons. The number of amides is 2. The second kappa shape index (κ2) is 12.2. The van der Waals surface area contributed by atoms with E-state index < -0.39 is 0 Å². The Bertz CT molecular complexity index is 1520. The van der Waals surface area contributed by atoms with E-state index in [2.05, 4.69) is 20.8 Å². The molecule has 0 aliphatic heterocycles. The number of benzene rings is 1. The van der Waals surface area contributed by atoms with E-state index in [1.54, 1.807) is 4.68 Å². The molecule has 4 aliphatic rings. The van der Waals surface area contributed by atoms with Crippen LogP contribution in [0, 0.1) is 43.9 Å². The monoisotopic (exact) mass is 586 g/mol. The number of nitrogens with zero attached hydrogens (tertiary/aromatic N) is 4. The van der Waals surface area contributed by atoms with Gasteiger partial charge < -0.3 is 10.6 Å². The maximum Gasteiger partial charge on any atom is 0.295 e. The van der Waals surface area contributed by atoms with Crippen molar-refractivity contribution in [3.8, 4) is 5.69 Å². The fraction of sp³-hybridized carbons (Fsp3) is 0.618. The van der Waals surface area contributed by atoms with E-state index in [0.717, 1.165) is 58.6 Å².